The Bertz CT molecular complexity index is 1810. The maximum absolute atomic E-state index is 4.05. The summed E-state index contributed by atoms with van der Waals surface area (Å²) in [6.07, 6.45) is 22.0. The van der Waals surface area contributed by atoms with Gasteiger partial charge in [-0.25, -0.2) is 0 Å². The molecule has 8 unspecified atom stereocenters. The van der Waals surface area contributed by atoms with Crippen LogP contribution >= 0.6 is 17.2 Å². The van der Waals surface area contributed by atoms with E-state index in [1.165, 1.54) is 136 Å². The van der Waals surface area contributed by atoms with Crippen LogP contribution in [0.1, 0.15) is 77.0 Å². The summed E-state index contributed by atoms with van der Waals surface area (Å²) in [4.78, 5) is 11.8. The molecule has 2 nitrogen and oxygen atoms in total. The van der Waals surface area contributed by atoms with E-state index in [1.54, 1.807) is 64.2 Å². The number of hydrogen-bond acceptors (Lipinski definition) is 2. The van der Waals surface area contributed by atoms with Gasteiger partial charge < -0.3 is 0 Å². The molecule has 8 aliphatic carbocycles. The third kappa shape index (κ3) is 0.769. The molecule has 20 fully saturated rings. The Morgan fingerprint density at radius 1 is 0.600 bits per heavy atom. The van der Waals surface area contributed by atoms with Gasteiger partial charge in [0.25, 0.3) is 0 Å². The molecular weight excluding hydrogens is 626 g/mol. The van der Waals surface area contributed by atoms with Gasteiger partial charge in [-0.1, -0.05) is 0 Å². The number of rotatable bonds is 7. The van der Waals surface area contributed by atoms with Crippen LogP contribution in [0.2, 0.25) is 47.2 Å². The van der Waals surface area contributed by atoms with Crippen LogP contribution in [0.3, 0.4) is 0 Å². The van der Waals surface area contributed by atoms with Gasteiger partial charge in [-0.05, 0) is 0 Å². The standard InChI is InChI=1S/C35H53N2P2.C5H5.Fe/c38-35(30-4-6-36-18-30,31-5-7-37-19-31)32-3-1-2-25(32)20-39(33-26-10-21-8-22(12-26)13-27(33)11-21)34-28-14-23-9-24(16-28)17-29(34)15-23;1-2-4-5-3-1;/h1-3,21-24,26-31,33-34,36-37H,4-20,38H2;1-5H;. The number of fused-ring (bicyclic) bond motifs is 10. The first-order valence-corrected chi connectivity index (χ1v) is 29.4. The molecule has 0 radical (unpaired) electrons. The summed E-state index contributed by atoms with van der Waals surface area (Å²) in [5.41, 5.74) is 2.51. The second kappa shape index (κ2) is 4.15. The van der Waals surface area contributed by atoms with Gasteiger partial charge in [0.15, 0.2) is 0 Å². The van der Waals surface area contributed by atoms with Crippen LogP contribution < -0.4 is 10.6 Å². The number of hydrogen-bond donors (Lipinski definition) is 2. The van der Waals surface area contributed by atoms with Crippen molar-refractivity contribution in [2.45, 2.75) is 141 Å². The van der Waals surface area contributed by atoms with Crippen LogP contribution in [0.25, 0.3) is 0 Å². The summed E-state index contributed by atoms with van der Waals surface area (Å²) >= 11 is 0. The molecule has 0 amide bonds. The summed E-state index contributed by atoms with van der Waals surface area (Å²) in [6.45, 7) is 1.80. The molecule has 0 aromatic rings. The molecule has 20 rings (SSSR count). The normalized spacial score (nSPS) is 87.6. The fourth-order valence-corrected chi connectivity index (χ4v) is 121. The molecule has 20 aliphatic rings. The van der Waals surface area contributed by atoms with Crippen LogP contribution in [0.4, 0.5) is 0 Å². The van der Waals surface area contributed by atoms with Crippen LogP contribution in [0.15, 0.2) is 0 Å². The maximum atomic E-state index is 4.05. The Kier molecular flexibility index (Phi) is 2.19. The molecule has 8 atom stereocenters. The van der Waals surface area contributed by atoms with E-state index in [2.05, 4.69) is 19.9 Å². The van der Waals surface area contributed by atoms with Gasteiger partial charge in [0, 0.05) is 0 Å². The van der Waals surface area contributed by atoms with Crippen molar-refractivity contribution >= 4 is 17.2 Å². The topological polar surface area (TPSA) is 24.1 Å². The van der Waals surface area contributed by atoms with Crippen molar-refractivity contribution in [2.24, 2.45) is 59.2 Å². The molecule has 246 valence electrons. The molecule has 8 saturated carbocycles. The van der Waals surface area contributed by atoms with Crippen molar-refractivity contribution in [1.82, 2.24) is 10.6 Å². The molecule has 12 aliphatic heterocycles. The van der Waals surface area contributed by atoms with Gasteiger partial charge in [0.1, 0.15) is 0 Å². The molecule has 2 N–H and O–H groups in total. The molecule has 8 bridgehead atoms. The first-order valence-electron chi connectivity index (χ1n) is 21.0. The predicted molar refractivity (Wildman–Crippen MR) is 183 cm³/mol. The minimum absolute atomic E-state index is 0.225. The predicted octanol–water partition coefficient (Wildman–Crippen LogP) is 9.08. The summed E-state index contributed by atoms with van der Waals surface area (Å²) in [6, 6.07) is 0. The van der Waals surface area contributed by atoms with E-state index < -0.39 is 6.51 Å². The van der Waals surface area contributed by atoms with E-state index in [1.807, 2.05) is 6.16 Å². The summed E-state index contributed by atoms with van der Waals surface area (Å²) in [5.74, 6) is 11.5. The monoisotopic (exact) mass is 684 g/mol. The van der Waals surface area contributed by atoms with Crippen molar-refractivity contribution in [2.75, 3.05) is 32.3 Å². The average Bonchev–Trinajstić information content (AvgIpc) is 3.80. The second-order valence-corrected chi connectivity index (χ2v) is 51.5. The minimum atomic E-state index is -3.65. The van der Waals surface area contributed by atoms with Crippen LogP contribution in [-0.4, -0.2) is 48.8 Å². The fourth-order valence-electron chi connectivity index (χ4n) is 31.4. The van der Waals surface area contributed by atoms with E-state index in [-0.39, 0.29) is 7.92 Å². The van der Waals surface area contributed by atoms with Crippen molar-refractivity contribution in [3.63, 3.8) is 0 Å². The van der Waals surface area contributed by atoms with Crippen LogP contribution in [0, 0.1) is 59.2 Å². The summed E-state index contributed by atoms with van der Waals surface area (Å²) in [5, 5.41) is 8.68. The van der Waals surface area contributed by atoms with Crippen molar-refractivity contribution < 1.29 is 6.51 Å². The second-order valence-electron chi connectivity index (χ2n) is 24.7. The van der Waals surface area contributed by atoms with Crippen LogP contribution in [-0.2, 0) is 6.51 Å². The molecular formula is C40H58FeN2P2. The Balaban J connectivity index is 0.881. The summed E-state index contributed by atoms with van der Waals surface area (Å²) < 4.78 is 2.06. The zero-order valence-corrected chi connectivity index (χ0v) is 30.6. The summed E-state index contributed by atoms with van der Waals surface area (Å²) in [7, 11) is 4.28. The fraction of sp³-hybridized carbons (Fsp3) is 1.00. The Morgan fingerprint density at radius 2 is 1.04 bits per heavy atom. The third-order valence-electron chi connectivity index (χ3n) is 28.8. The Hall–Kier alpha value is 1.30. The van der Waals surface area contributed by atoms with Gasteiger partial charge in [-0.2, -0.15) is 0 Å². The van der Waals surface area contributed by atoms with Gasteiger partial charge in [-0.15, -0.1) is 0 Å². The van der Waals surface area contributed by atoms with E-state index in [0.717, 1.165) is 20.5 Å². The van der Waals surface area contributed by atoms with E-state index in [9.17, 15) is 0 Å². The first-order chi connectivity index (χ1) is 21.8. The van der Waals surface area contributed by atoms with Gasteiger partial charge >= 0.3 is 267 Å². The van der Waals surface area contributed by atoms with Crippen molar-refractivity contribution in [3.05, 3.63) is 0 Å². The van der Waals surface area contributed by atoms with Gasteiger partial charge in [-0.3, -0.25) is 0 Å². The van der Waals surface area contributed by atoms with Gasteiger partial charge in [0.2, 0.25) is 0 Å². The zero-order chi connectivity index (χ0) is 28.4. The molecule has 45 heavy (non-hydrogen) atoms. The Labute approximate surface area is 265 Å². The molecule has 5 heteroatoms. The van der Waals surface area contributed by atoms with E-state index >= 15 is 0 Å². The molecule has 0 aromatic heterocycles. The van der Waals surface area contributed by atoms with Crippen LogP contribution in [0.5, 0.6) is 0 Å². The van der Waals surface area contributed by atoms with E-state index in [4.69, 9.17) is 0 Å². The number of nitrogens with one attached hydrogen (secondary N) is 2. The molecule has 1 spiro atoms. The third-order valence-corrected chi connectivity index (χ3v) is 78.4. The first kappa shape index (κ1) is 23.7. The van der Waals surface area contributed by atoms with Gasteiger partial charge in [0.05, 0.1) is 0 Å². The molecule has 0 aromatic carbocycles. The molecule has 12 saturated heterocycles. The zero-order valence-electron chi connectivity index (χ0n) is 27.4. The average molecular weight is 685 g/mol. The quantitative estimate of drug-likeness (QED) is 0.207. The van der Waals surface area contributed by atoms with E-state index in [0.29, 0.717) is 5.16 Å². The molecule has 12 heterocycles. The van der Waals surface area contributed by atoms with Crippen molar-refractivity contribution in [1.29, 1.82) is 0 Å². The van der Waals surface area contributed by atoms with Crippen molar-refractivity contribution in [3.8, 4) is 0 Å². The SMILES string of the molecule is PC(C1CCNC1)(C1CCNC1)[C]12[CH]3[CH]4[CH]5[C]1(CP(C1C6CC7CC(C6)CC1C7)C1C6CC7CC(C6)CC1C7)[Fe]45321678[CH]2[CH]1[CH]6[CH]7[CH]28. The Morgan fingerprint density at radius 3 is 1.40 bits per heavy atom.